The summed E-state index contributed by atoms with van der Waals surface area (Å²) in [5.74, 6) is -1.41. The molecule has 0 fully saturated rings. The van der Waals surface area contributed by atoms with Crippen molar-refractivity contribution in [1.82, 2.24) is 5.43 Å². The Hall–Kier alpha value is -3.52. The van der Waals surface area contributed by atoms with Crippen LogP contribution in [0.25, 0.3) is 0 Å². The van der Waals surface area contributed by atoms with Gasteiger partial charge in [-0.1, -0.05) is 28.1 Å². The highest BCUT2D eigenvalue weighted by molar-refractivity contribution is 9.10. The third-order valence-corrected chi connectivity index (χ3v) is 4.39. The summed E-state index contributed by atoms with van der Waals surface area (Å²) < 4.78 is 19.6. The summed E-state index contributed by atoms with van der Waals surface area (Å²) in [6.07, 6.45) is 1.40. The molecule has 0 aromatic heterocycles. The highest BCUT2D eigenvalue weighted by Gasteiger charge is 2.12. The molecule has 2 amide bonds. The smallest absolute Gasteiger partial charge is 0.329 e. The van der Waals surface area contributed by atoms with Gasteiger partial charge in [-0.05, 0) is 71.8 Å². The van der Waals surface area contributed by atoms with Crippen molar-refractivity contribution in [1.29, 1.82) is 0 Å². The average Bonchev–Trinajstić information content (AvgIpc) is 2.75. The molecule has 8 heteroatoms. The molecule has 152 valence electrons. The lowest BCUT2D eigenvalue weighted by molar-refractivity contribution is -0.136. The molecule has 0 aliphatic carbocycles. The van der Waals surface area contributed by atoms with Gasteiger partial charge in [-0.3, -0.25) is 9.59 Å². The quantitative estimate of drug-likeness (QED) is 0.321. The first-order chi connectivity index (χ1) is 14.5. The standard InChI is InChI=1S/C22H17BrFN3O3/c23-17-6-8-19(9-7-17)26-21(28)22(29)27-25-13-15-4-10-20(11-5-15)30-14-16-2-1-3-18(24)12-16/h1-13H,14H2,(H,26,28)(H,27,29). The first-order valence-electron chi connectivity index (χ1n) is 8.87. The Balaban J connectivity index is 1.46. The summed E-state index contributed by atoms with van der Waals surface area (Å²) in [6.45, 7) is 0.245. The third-order valence-electron chi connectivity index (χ3n) is 3.86. The van der Waals surface area contributed by atoms with Gasteiger partial charge in [-0.25, -0.2) is 9.82 Å². The molecule has 0 heterocycles. The summed E-state index contributed by atoms with van der Waals surface area (Å²) in [5.41, 5.74) is 4.09. The second kappa shape index (κ2) is 10.3. The molecule has 3 aromatic carbocycles. The van der Waals surface area contributed by atoms with Gasteiger partial charge in [0, 0.05) is 10.2 Å². The number of nitrogens with zero attached hydrogens (tertiary/aromatic N) is 1. The predicted octanol–water partition coefficient (Wildman–Crippen LogP) is 4.26. The number of nitrogens with one attached hydrogen (secondary N) is 2. The number of rotatable bonds is 6. The summed E-state index contributed by atoms with van der Waals surface area (Å²) in [5, 5.41) is 6.25. The van der Waals surface area contributed by atoms with E-state index in [4.69, 9.17) is 4.74 Å². The van der Waals surface area contributed by atoms with E-state index in [2.05, 4.69) is 31.8 Å². The average molecular weight is 470 g/mol. The number of hydrogen-bond acceptors (Lipinski definition) is 4. The Labute approximate surface area is 180 Å². The highest BCUT2D eigenvalue weighted by atomic mass is 79.9. The van der Waals surface area contributed by atoms with E-state index in [-0.39, 0.29) is 12.4 Å². The minimum atomic E-state index is -0.885. The van der Waals surface area contributed by atoms with E-state index in [1.807, 2.05) is 0 Å². The molecule has 3 rings (SSSR count). The topological polar surface area (TPSA) is 79.8 Å². The summed E-state index contributed by atoms with van der Waals surface area (Å²) in [6, 6.07) is 19.9. The van der Waals surface area contributed by atoms with Crippen molar-refractivity contribution >= 4 is 39.6 Å². The SMILES string of the molecule is O=C(NN=Cc1ccc(OCc2cccc(F)c2)cc1)C(=O)Nc1ccc(Br)cc1. The number of benzene rings is 3. The van der Waals surface area contributed by atoms with Crippen LogP contribution in [0.15, 0.2) is 82.4 Å². The zero-order chi connectivity index (χ0) is 21.3. The fraction of sp³-hybridized carbons (Fsp3) is 0.0455. The molecule has 3 aromatic rings. The number of halogens is 2. The van der Waals surface area contributed by atoms with Gasteiger partial charge < -0.3 is 10.1 Å². The van der Waals surface area contributed by atoms with Crippen LogP contribution in [0.5, 0.6) is 5.75 Å². The maximum atomic E-state index is 13.2. The molecular weight excluding hydrogens is 453 g/mol. The molecule has 0 bridgehead atoms. The van der Waals surface area contributed by atoms with Crippen LogP contribution in [0, 0.1) is 5.82 Å². The van der Waals surface area contributed by atoms with E-state index in [9.17, 15) is 14.0 Å². The van der Waals surface area contributed by atoms with Crippen LogP contribution in [0.2, 0.25) is 0 Å². The van der Waals surface area contributed by atoms with Crippen molar-refractivity contribution < 1.29 is 18.7 Å². The molecule has 0 saturated carbocycles. The van der Waals surface area contributed by atoms with E-state index in [0.29, 0.717) is 17.0 Å². The van der Waals surface area contributed by atoms with E-state index < -0.39 is 11.8 Å². The van der Waals surface area contributed by atoms with E-state index in [1.54, 1.807) is 60.7 Å². The Morgan fingerprint density at radius 1 is 1.00 bits per heavy atom. The number of hydrogen-bond donors (Lipinski definition) is 2. The molecule has 0 saturated heterocycles. The predicted molar refractivity (Wildman–Crippen MR) is 116 cm³/mol. The summed E-state index contributed by atoms with van der Waals surface area (Å²) in [7, 11) is 0. The van der Waals surface area contributed by atoms with Crippen molar-refractivity contribution in [3.63, 3.8) is 0 Å². The molecule has 2 N–H and O–H groups in total. The van der Waals surface area contributed by atoms with Crippen molar-refractivity contribution in [2.24, 2.45) is 5.10 Å². The van der Waals surface area contributed by atoms with Crippen LogP contribution < -0.4 is 15.5 Å². The number of hydrazone groups is 1. The van der Waals surface area contributed by atoms with Crippen LogP contribution in [-0.2, 0) is 16.2 Å². The molecule has 0 aliphatic rings. The van der Waals surface area contributed by atoms with Crippen LogP contribution in [0.4, 0.5) is 10.1 Å². The van der Waals surface area contributed by atoms with E-state index in [0.717, 1.165) is 10.0 Å². The Morgan fingerprint density at radius 2 is 1.73 bits per heavy atom. The third kappa shape index (κ3) is 6.52. The van der Waals surface area contributed by atoms with E-state index >= 15 is 0 Å². The Kier molecular flexibility index (Phi) is 7.29. The number of carbonyl (C=O) groups is 2. The highest BCUT2D eigenvalue weighted by Crippen LogP contribution is 2.15. The largest absolute Gasteiger partial charge is 0.489 e. The van der Waals surface area contributed by atoms with Crippen molar-refractivity contribution in [3.05, 3.63) is 94.2 Å². The number of ether oxygens (including phenoxy) is 1. The molecule has 0 atom stereocenters. The van der Waals surface area contributed by atoms with Gasteiger partial charge in [-0.2, -0.15) is 5.10 Å². The molecule has 0 radical (unpaired) electrons. The van der Waals surface area contributed by atoms with Crippen LogP contribution >= 0.6 is 15.9 Å². The normalized spacial score (nSPS) is 10.6. The fourth-order valence-electron chi connectivity index (χ4n) is 2.38. The van der Waals surface area contributed by atoms with Gasteiger partial charge in [0.15, 0.2) is 0 Å². The molecule has 0 spiro atoms. The zero-order valence-electron chi connectivity index (χ0n) is 15.6. The minimum Gasteiger partial charge on any atom is -0.489 e. The first kappa shape index (κ1) is 21.2. The van der Waals surface area contributed by atoms with Crippen molar-refractivity contribution in [3.8, 4) is 5.75 Å². The van der Waals surface area contributed by atoms with Gasteiger partial charge in [0.25, 0.3) is 0 Å². The van der Waals surface area contributed by atoms with Crippen LogP contribution in [0.1, 0.15) is 11.1 Å². The Bertz CT molecular complexity index is 1050. The number of amides is 2. The molecule has 0 aliphatic heterocycles. The maximum Gasteiger partial charge on any atom is 0.329 e. The molecule has 30 heavy (non-hydrogen) atoms. The van der Waals surface area contributed by atoms with Gasteiger partial charge in [-0.15, -0.1) is 0 Å². The van der Waals surface area contributed by atoms with Crippen molar-refractivity contribution in [2.75, 3.05) is 5.32 Å². The summed E-state index contributed by atoms with van der Waals surface area (Å²) in [4.78, 5) is 23.7. The minimum absolute atomic E-state index is 0.245. The molecule has 6 nitrogen and oxygen atoms in total. The first-order valence-corrected chi connectivity index (χ1v) is 9.66. The maximum absolute atomic E-state index is 13.2. The van der Waals surface area contributed by atoms with Gasteiger partial charge >= 0.3 is 11.8 Å². The van der Waals surface area contributed by atoms with Gasteiger partial charge in [0.2, 0.25) is 0 Å². The van der Waals surface area contributed by atoms with Gasteiger partial charge in [0.05, 0.1) is 6.21 Å². The summed E-state index contributed by atoms with van der Waals surface area (Å²) >= 11 is 3.29. The zero-order valence-corrected chi connectivity index (χ0v) is 17.2. The number of carbonyl (C=O) groups excluding carboxylic acids is 2. The van der Waals surface area contributed by atoms with E-state index in [1.165, 1.54) is 18.3 Å². The fourth-order valence-corrected chi connectivity index (χ4v) is 2.65. The van der Waals surface area contributed by atoms with Crippen LogP contribution in [-0.4, -0.2) is 18.0 Å². The molecular formula is C22H17BrFN3O3. The molecule has 0 unspecified atom stereocenters. The lowest BCUT2D eigenvalue weighted by Crippen LogP contribution is -2.32. The lowest BCUT2D eigenvalue weighted by atomic mass is 10.2. The van der Waals surface area contributed by atoms with Crippen LogP contribution in [0.3, 0.4) is 0 Å². The monoisotopic (exact) mass is 469 g/mol. The second-order valence-electron chi connectivity index (χ2n) is 6.15. The second-order valence-corrected chi connectivity index (χ2v) is 7.06. The van der Waals surface area contributed by atoms with Crippen molar-refractivity contribution in [2.45, 2.75) is 6.61 Å². The van der Waals surface area contributed by atoms with Gasteiger partial charge in [0.1, 0.15) is 18.2 Å². The number of anilines is 1. The lowest BCUT2D eigenvalue weighted by Gasteiger charge is -2.06. The Morgan fingerprint density at radius 3 is 2.43 bits per heavy atom.